The van der Waals surface area contributed by atoms with Gasteiger partial charge in [0.2, 0.25) is 5.91 Å². The Bertz CT molecular complexity index is 891. The van der Waals surface area contributed by atoms with Crippen LogP contribution in [-0.2, 0) is 25.7 Å². The number of nitrogens with zero attached hydrogens (tertiary/aromatic N) is 1. The molecule has 1 aromatic rings. The Morgan fingerprint density at radius 2 is 1.72 bits per heavy atom. The van der Waals surface area contributed by atoms with Gasteiger partial charge >= 0.3 is 12.1 Å². The molecule has 0 spiro atoms. The van der Waals surface area contributed by atoms with E-state index in [1.165, 1.54) is 11.8 Å². The molecule has 0 bridgehead atoms. The summed E-state index contributed by atoms with van der Waals surface area (Å²) < 4.78 is 10.8. The van der Waals surface area contributed by atoms with Crippen LogP contribution in [0, 0.1) is 11.8 Å². The van der Waals surface area contributed by atoms with Gasteiger partial charge < -0.3 is 25.0 Å². The van der Waals surface area contributed by atoms with Crippen molar-refractivity contribution >= 4 is 29.7 Å². The van der Waals surface area contributed by atoms with Gasteiger partial charge in [-0.15, -0.1) is 0 Å². The van der Waals surface area contributed by atoms with Crippen LogP contribution in [0.2, 0.25) is 0 Å². The number of carbonyl (C=O) groups excluding carboxylic acids is 3. The minimum atomic E-state index is -0.737. The first-order chi connectivity index (χ1) is 17.1. The molecular weight excluding hydrogens is 478 g/mol. The third kappa shape index (κ3) is 9.41. The van der Waals surface area contributed by atoms with E-state index >= 15 is 0 Å². The van der Waals surface area contributed by atoms with E-state index in [0.717, 1.165) is 17.7 Å². The van der Waals surface area contributed by atoms with Crippen molar-refractivity contribution < 1.29 is 23.9 Å². The molecule has 9 heteroatoms. The Morgan fingerprint density at radius 3 is 2.33 bits per heavy atom. The van der Waals surface area contributed by atoms with Crippen molar-refractivity contribution in [3.8, 4) is 0 Å². The van der Waals surface area contributed by atoms with Crippen molar-refractivity contribution in [3.63, 3.8) is 0 Å². The highest BCUT2D eigenvalue weighted by atomic mass is 32.2. The third-order valence-corrected chi connectivity index (χ3v) is 6.76. The monoisotopic (exact) mass is 519 g/mol. The highest BCUT2D eigenvalue weighted by molar-refractivity contribution is 8.03. The highest BCUT2D eigenvalue weighted by Gasteiger charge is 2.36. The van der Waals surface area contributed by atoms with E-state index in [2.05, 4.69) is 10.6 Å². The number of nitrogens with one attached hydrogen (secondary N) is 2. The van der Waals surface area contributed by atoms with E-state index in [1.807, 2.05) is 82.3 Å². The molecule has 0 saturated heterocycles. The van der Waals surface area contributed by atoms with Crippen molar-refractivity contribution in [3.05, 3.63) is 47.0 Å². The minimum absolute atomic E-state index is 0.129. The molecule has 0 aromatic heterocycles. The summed E-state index contributed by atoms with van der Waals surface area (Å²) in [4.78, 5) is 40.2. The maximum atomic E-state index is 13.3. The normalized spacial score (nSPS) is 16.9. The molecule has 3 atom stereocenters. The lowest BCUT2D eigenvalue weighted by molar-refractivity contribution is -0.146. The Hall–Kier alpha value is -2.68. The molecule has 2 rings (SSSR count). The predicted molar refractivity (Wildman–Crippen MR) is 143 cm³/mol. The second-order valence-corrected chi connectivity index (χ2v) is 10.9. The largest absolute Gasteiger partial charge is 0.463 e. The second kappa shape index (κ2) is 14.8. The predicted octanol–water partition coefficient (Wildman–Crippen LogP) is 4.66. The summed E-state index contributed by atoms with van der Waals surface area (Å²) in [5.74, 6) is -0.118. The molecule has 1 aromatic carbocycles. The summed E-state index contributed by atoms with van der Waals surface area (Å²) in [5.41, 5.74) is 1.73. The molecule has 2 N–H and O–H groups in total. The van der Waals surface area contributed by atoms with E-state index < -0.39 is 17.5 Å². The molecule has 1 aliphatic heterocycles. The first kappa shape index (κ1) is 29.5. The molecular formula is C27H41N3O5S. The van der Waals surface area contributed by atoms with Gasteiger partial charge in [0.05, 0.1) is 12.6 Å². The van der Waals surface area contributed by atoms with Crippen LogP contribution >= 0.6 is 11.8 Å². The number of hydrogen-bond donors (Lipinski definition) is 2. The lowest BCUT2D eigenvalue weighted by atomic mass is 10.0. The van der Waals surface area contributed by atoms with Gasteiger partial charge in [-0.05, 0) is 35.6 Å². The number of hydrogen-bond acceptors (Lipinski definition) is 7. The van der Waals surface area contributed by atoms with E-state index in [1.54, 1.807) is 0 Å². The fourth-order valence-corrected chi connectivity index (χ4v) is 4.85. The van der Waals surface area contributed by atoms with Crippen LogP contribution in [-0.4, -0.2) is 54.0 Å². The van der Waals surface area contributed by atoms with Crippen LogP contribution in [0.1, 0.15) is 59.4 Å². The lowest BCUT2D eigenvalue weighted by Gasteiger charge is -2.30. The number of benzene rings is 1. The summed E-state index contributed by atoms with van der Waals surface area (Å²) in [5, 5.41) is 7.27. The number of esters is 1. The Labute approximate surface area is 219 Å². The number of amides is 2. The molecule has 1 aliphatic rings. The highest BCUT2D eigenvalue weighted by Crippen LogP contribution is 2.33. The smallest absolute Gasteiger partial charge is 0.408 e. The van der Waals surface area contributed by atoms with Gasteiger partial charge in [-0.3, -0.25) is 4.79 Å². The summed E-state index contributed by atoms with van der Waals surface area (Å²) in [7, 11) is 1.84. The third-order valence-electron chi connectivity index (χ3n) is 5.62. The van der Waals surface area contributed by atoms with Gasteiger partial charge in [-0.2, -0.15) is 0 Å². The zero-order valence-electron chi connectivity index (χ0n) is 22.3. The zero-order valence-corrected chi connectivity index (χ0v) is 23.1. The summed E-state index contributed by atoms with van der Waals surface area (Å²) in [6.07, 6.45) is 1.37. The summed E-state index contributed by atoms with van der Waals surface area (Å²) in [6.45, 7) is 10.5. The summed E-state index contributed by atoms with van der Waals surface area (Å²) >= 11 is 1.38. The molecule has 1 heterocycles. The van der Waals surface area contributed by atoms with Crippen molar-refractivity contribution in [2.24, 2.45) is 11.8 Å². The van der Waals surface area contributed by atoms with Gasteiger partial charge in [-0.1, -0.05) is 83.1 Å². The number of likely N-dealkylation sites (N-methyl/N-ethyl adjacent to an activating group) is 1. The zero-order chi connectivity index (χ0) is 26.7. The maximum absolute atomic E-state index is 13.3. The van der Waals surface area contributed by atoms with Crippen LogP contribution in [0.5, 0.6) is 0 Å². The number of thioether (sulfide) groups is 1. The van der Waals surface area contributed by atoms with Crippen LogP contribution in [0.15, 0.2) is 41.4 Å². The fraction of sp³-hybridized carbons (Fsp3) is 0.593. The van der Waals surface area contributed by atoms with Crippen molar-refractivity contribution in [2.75, 3.05) is 13.7 Å². The van der Waals surface area contributed by atoms with Crippen LogP contribution in [0.25, 0.3) is 0 Å². The van der Waals surface area contributed by atoms with Crippen molar-refractivity contribution in [1.29, 1.82) is 0 Å². The Balaban J connectivity index is 2.02. The Morgan fingerprint density at radius 1 is 1.03 bits per heavy atom. The van der Waals surface area contributed by atoms with Crippen LogP contribution in [0.4, 0.5) is 4.79 Å². The Kier molecular flexibility index (Phi) is 12.1. The van der Waals surface area contributed by atoms with Gasteiger partial charge in [0.1, 0.15) is 12.6 Å². The van der Waals surface area contributed by atoms with Crippen molar-refractivity contribution in [2.45, 2.75) is 77.9 Å². The van der Waals surface area contributed by atoms with Gasteiger partial charge in [0, 0.05) is 12.7 Å². The van der Waals surface area contributed by atoms with Gasteiger partial charge in [-0.25, -0.2) is 9.59 Å². The van der Waals surface area contributed by atoms with E-state index in [9.17, 15) is 14.4 Å². The van der Waals surface area contributed by atoms with Gasteiger partial charge in [0.15, 0.2) is 5.37 Å². The second-order valence-electron chi connectivity index (χ2n) is 9.90. The minimum Gasteiger partial charge on any atom is -0.463 e. The molecule has 36 heavy (non-hydrogen) atoms. The lowest BCUT2D eigenvalue weighted by Crippen LogP contribution is -2.52. The molecule has 0 fully saturated rings. The SMILES string of the molecule is CCC[C@H](NC(=O)[C@H](CC(C)C)NC(=O)OCc1ccccc1)C1=CSC(C(=O)OCC(C)C)N1C. The molecule has 2 amide bonds. The van der Waals surface area contributed by atoms with Gasteiger partial charge in [0.25, 0.3) is 0 Å². The maximum Gasteiger partial charge on any atom is 0.408 e. The molecule has 0 radical (unpaired) electrons. The van der Waals surface area contributed by atoms with E-state index in [4.69, 9.17) is 9.47 Å². The number of rotatable bonds is 13. The fourth-order valence-electron chi connectivity index (χ4n) is 3.77. The number of carbonyl (C=O) groups is 3. The number of ether oxygens (including phenoxy) is 2. The first-order valence-electron chi connectivity index (χ1n) is 12.6. The standard InChI is InChI=1S/C27H41N3O5S/c1-7-11-21(23-17-36-25(30(23)6)26(32)34-15-19(4)5)28-24(31)22(14-18(2)3)29-27(33)35-16-20-12-9-8-10-13-20/h8-10,12-13,17-19,21-22,25H,7,11,14-16H2,1-6H3,(H,28,31)(H,29,33)/t21-,22-,25?/m0/s1. The average Bonchev–Trinajstić information content (AvgIpc) is 3.22. The van der Waals surface area contributed by atoms with Crippen LogP contribution < -0.4 is 10.6 Å². The summed E-state index contributed by atoms with van der Waals surface area (Å²) in [6, 6.07) is 8.36. The first-order valence-corrected chi connectivity index (χ1v) is 13.6. The van der Waals surface area contributed by atoms with E-state index in [0.29, 0.717) is 19.4 Å². The molecule has 200 valence electrons. The number of alkyl carbamates (subject to hydrolysis) is 1. The van der Waals surface area contributed by atoms with Crippen LogP contribution in [0.3, 0.4) is 0 Å². The topological polar surface area (TPSA) is 97.0 Å². The molecule has 0 saturated carbocycles. The van der Waals surface area contributed by atoms with E-state index in [-0.39, 0.29) is 36.4 Å². The molecule has 8 nitrogen and oxygen atoms in total. The average molecular weight is 520 g/mol. The molecule has 1 unspecified atom stereocenters. The van der Waals surface area contributed by atoms with Crippen molar-refractivity contribution in [1.82, 2.24) is 15.5 Å². The quantitative estimate of drug-likeness (QED) is 0.366. The molecule has 0 aliphatic carbocycles.